The van der Waals surface area contributed by atoms with Crippen molar-refractivity contribution in [3.05, 3.63) is 99.5 Å². The minimum Gasteiger partial charge on any atom is -0.497 e. The number of hydrogen-bond donors (Lipinski definition) is 0. The molecule has 40 heavy (non-hydrogen) atoms. The molecule has 1 aliphatic heterocycles. The summed E-state index contributed by atoms with van der Waals surface area (Å²) in [6, 6.07) is 16.0. The fourth-order valence-corrected chi connectivity index (χ4v) is 5.28. The average molecular weight is 552 g/mol. The molecule has 1 aliphatic carbocycles. The van der Waals surface area contributed by atoms with Crippen molar-refractivity contribution in [3.63, 3.8) is 0 Å². The van der Waals surface area contributed by atoms with E-state index in [9.17, 15) is 22.8 Å². The van der Waals surface area contributed by atoms with Gasteiger partial charge < -0.3 is 14.0 Å². The quantitative estimate of drug-likeness (QED) is 0.394. The Balaban J connectivity index is 1.52. The van der Waals surface area contributed by atoms with E-state index >= 15 is 0 Å². The van der Waals surface area contributed by atoms with E-state index in [0.29, 0.717) is 18.0 Å². The Morgan fingerprint density at radius 3 is 2.27 bits per heavy atom. The number of amides is 1. The Bertz CT molecular complexity index is 1510. The average Bonchev–Trinajstić information content (AvgIpc) is 3.35. The van der Waals surface area contributed by atoms with E-state index in [4.69, 9.17) is 14.6 Å². The number of halogens is 3. The van der Waals surface area contributed by atoms with E-state index in [1.165, 1.54) is 5.01 Å². The lowest BCUT2D eigenvalue weighted by Gasteiger charge is -2.30. The number of rotatable bonds is 6. The molecular weight excluding hydrogens is 523 g/mol. The van der Waals surface area contributed by atoms with Crippen LogP contribution in [0.15, 0.2) is 82.3 Å². The maximum Gasteiger partial charge on any atom is 0.417 e. The van der Waals surface area contributed by atoms with Gasteiger partial charge >= 0.3 is 6.18 Å². The van der Waals surface area contributed by atoms with E-state index in [0.717, 1.165) is 58.1 Å². The molecule has 2 aliphatic rings. The Morgan fingerprint density at radius 2 is 1.65 bits per heavy atom. The van der Waals surface area contributed by atoms with Gasteiger partial charge in [-0.25, -0.2) is 5.01 Å². The van der Waals surface area contributed by atoms with E-state index in [1.54, 1.807) is 26.4 Å². The molecule has 7 nitrogen and oxygen atoms in total. The molecule has 0 spiro atoms. The Labute approximate surface area is 229 Å². The van der Waals surface area contributed by atoms with Crippen LogP contribution in [0.25, 0.3) is 6.08 Å². The maximum absolute atomic E-state index is 13.6. The minimum atomic E-state index is -4.64. The Kier molecular flexibility index (Phi) is 7.51. The molecule has 2 heterocycles. The number of fused-ring (bicyclic) bond motifs is 1. The zero-order valence-corrected chi connectivity index (χ0v) is 22.0. The summed E-state index contributed by atoms with van der Waals surface area (Å²) in [5.74, 6) is 0.699. The highest BCUT2D eigenvalue weighted by molar-refractivity contribution is 6.08. The van der Waals surface area contributed by atoms with E-state index in [2.05, 4.69) is 0 Å². The number of aromatic nitrogens is 1. The molecule has 3 aromatic rings. The van der Waals surface area contributed by atoms with Crippen LogP contribution >= 0.6 is 0 Å². The van der Waals surface area contributed by atoms with Crippen molar-refractivity contribution >= 4 is 17.7 Å². The number of carbonyl (C=O) groups is 1. The first-order valence-electron chi connectivity index (χ1n) is 12.8. The highest BCUT2D eigenvalue weighted by Crippen LogP contribution is 2.44. The van der Waals surface area contributed by atoms with Crippen molar-refractivity contribution in [2.45, 2.75) is 38.0 Å². The zero-order valence-electron chi connectivity index (χ0n) is 22.0. The van der Waals surface area contributed by atoms with Crippen LogP contribution in [0.3, 0.4) is 0 Å². The van der Waals surface area contributed by atoms with Crippen LogP contribution in [0.4, 0.5) is 13.2 Å². The molecule has 10 heteroatoms. The second-order valence-corrected chi connectivity index (χ2v) is 9.76. The number of hydrogen-bond acceptors (Lipinski definition) is 5. The van der Waals surface area contributed by atoms with Gasteiger partial charge in [0.15, 0.2) is 0 Å². The fourth-order valence-electron chi connectivity index (χ4n) is 5.28. The number of carbonyl (C=O) groups excluding carboxylic acids is 1. The van der Waals surface area contributed by atoms with E-state index < -0.39 is 35.8 Å². The van der Waals surface area contributed by atoms with Crippen molar-refractivity contribution in [2.75, 3.05) is 14.2 Å². The highest BCUT2D eigenvalue weighted by Gasteiger charge is 2.44. The van der Waals surface area contributed by atoms with Crippen LogP contribution in [-0.4, -0.2) is 35.4 Å². The van der Waals surface area contributed by atoms with Gasteiger partial charge in [-0.05, 0) is 72.4 Å². The molecule has 0 N–H and O–H groups in total. The smallest absolute Gasteiger partial charge is 0.417 e. The van der Waals surface area contributed by atoms with Crippen LogP contribution in [-0.2, 0) is 17.5 Å². The van der Waals surface area contributed by atoms with Gasteiger partial charge in [-0.1, -0.05) is 24.3 Å². The topological polar surface area (TPSA) is 73.1 Å². The lowest BCUT2D eigenvalue weighted by molar-refractivity contribution is -0.139. The van der Waals surface area contributed by atoms with Crippen LogP contribution in [0.5, 0.6) is 11.5 Å². The molecule has 0 radical (unpaired) electrons. The van der Waals surface area contributed by atoms with Gasteiger partial charge in [0.2, 0.25) is 0 Å². The van der Waals surface area contributed by atoms with Crippen LogP contribution in [0.2, 0.25) is 0 Å². The van der Waals surface area contributed by atoms with E-state index in [-0.39, 0.29) is 5.92 Å². The standard InChI is InChI=1S/C30H28F3N3O4/c1-39-23-11-6-19(7-12-23)16-21-4-3-5-25-28(21)34-36(29(25)20-8-13-24(40-2)14-9-20)27(38)18-35-17-22(30(31,32)33)10-15-26(35)37/h6-17,25,29H,3-5,18H2,1-2H3/b21-16-/t25-,29-/m0/s1. The van der Waals surface area contributed by atoms with Gasteiger partial charge in [0.05, 0.1) is 31.5 Å². The summed E-state index contributed by atoms with van der Waals surface area (Å²) in [7, 11) is 3.16. The van der Waals surface area contributed by atoms with Gasteiger partial charge in [0.1, 0.15) is 18.0 Å². The molecule has 1 saturated carbocycles. The number of nitrogens with zero attached hydrogens (tertiary/aromatic N) is 3. The summed E-state index contributed by atoms with van der Waals surface area (Å²) in [5, 5.41) is 6.09. The van der Waals surface area contributed by atoms with E-state index in [1.807, 2.05) is 42.5 Å². The largest absolute Gasteiger partial charge is 0.497 e. The second kappa shape index (κ2) is 11.0. The van der Waals surface area contributed by atoms with Crippen LogP contribution in [0.1, 0.15) is 42.0 Å². The molecule has 2 aromatic carbocycles. The van der Waals surface area contributed by atoms with Crippen molar-refractivity contribution in [2.24, 2.45) is 11.0 Å². The molecule has 1 amide bonds. The SMILES string of the molecule is COc1ccc(/C=C2/CCC[C@H]3C2=NN(C(=O)Cn2cc(C(F)(F)F)ccc2=O)[C@H]3c2ccc(OC)cc2)cc1. The number of benzene rings is 2. The van der Waals surface area contributed by atoms with Crippen molar-refractivity contribution in [3.8, 4) is 11.5 Å². The molecule has 0 saturated heterocycles. The van der Waals surface area contributed by atoms with Gasteiger partial charge in [-0.2, -0.15) is 18.3 Å². The molecule has 1 aromatic heterocycles. The number of allylic oxidation sites excluding steroid dienone is 1. The van der Waals surface area contributed by atoms with Crippen molar-refractivity contribution in [1.82, 2.24) is 9.58 Å². The van der Waals surface area contributed by atoms with Crippen molar-refractivity contribution < 1.29 is 27.4 Å². The molecule has 208 valence electrons. The van der Waals surface area contributed by atoms with Gasteiger partial charge in [0.25, 0.3) is 11.5 Å². The summed E-state index contributed by atoms with van der Waals surface area (Å²) >= 11 is 0. The fraction of sp³-hybridized carbons (Fsp3) is 0.300. The van der Waals surface area contributed by atoms with Gasteiger partial charge in [-0.3, -0.25) is 9.59 Å². The second-order valence-electron chi connectivity index (χ2n) is 9.76. The van der Waals surface area contributed by atoms with Gasteiger partial charge in [0, 0.05) is 18.2 Å². The predicted octanol–water partition coefficient (Wildman–Crippen LogP) is 5.71. The zero-order chi connectivity index (χ0) is 28.4. The summed E-state index contributed by atoms with van der Waals surface area (Å²) in [6.07, 6.45) is 0.505. The number of pyridine rings is 1. The van der Waals surface area contributed by atoms with Crippen LogP contribution in [0, 0.1) is 5.92 Å². The number of hydrazone groups is 1. The van der Waals surface area contributed by atoms with Crippen LogP contribution < -0.4 is 15.0 Å². The predicted molar refractivity (Wildman–Crippen MR) is 144 cm³/mol. The summed E-state index contributed by atoms with van der Waals surface area (Å²) in [6.45, 7) is -0.573. The summed E-state index contributed by atoms with van der Waals surface area (Å²) in [4.78, 5) is 26.0. The third-order valence-corrected chi connectivity index (χ3v) is 7.29. The first-order chi connectivity index (χ1) is 19.2. The summed E-state index contributed by atoms with van der Waals surface area (Å²) in [5.41, 5.74) is 1.84. The third kappa shape index (κ3) is 5.52. The molecule has 0 unspecified atom stereocenters. The first-order valence-corrected chi connectivity index (χ1v) is 12.8. The molecular formula is C30H28F3N3O4. The van der Waals surface area contributed by atoms with Gasteiger partial charge in [-0.15, -0.1) is 0 Å². The number of ether oxygens (including phenoxy) is 2. The monoisotopic (exact) mass is 551 g/mol. The molecule has 1 fully saturated rings. The summed E-state index contributed by atoms with van der Waals surface area (Å²) < 4.78 is 51.2. The molecule has 2 atom stereocenters. The first kappa shape index (κ1) is 27.2. The maximum atomic E-state index is 13.6. The minimum absolute atomic E-state index is 0.117. The van der Waals surface area contributed by atoms with Crippen molar-refractivity contribution in [1.29, 1.82) is 0 Å². The molecule has 0 bridgehead atoms. The lowest BCUT2D eigenvalue weighted by Crippen LogP contribution is -2.36. The Morgan fingerprint density at radius 1 is 1.00 bits per heavy atom. The Hall–Kier alpha value is -4.34. The molecule has 5 rings (SSSR count). The number of methoxy groups -OCH3 is 2. The number of alkyl halides is 3. The third-order valence-electron chi connectivity index (χ3n) is 7.29. The highest BCUT2D eigenvalue weighted by atomic mass is 19.4. The lowest BCUT2D eigenvalue weighted by atomic mass is 9.77. The normalized spacial score (nSPS) is 19.8.